The van der Waals surface area contributed by atoms with Crippen molar-refractivity contribution in [3.63, 3.8) is 0 Å². The number of nitrogens with zero attached hydrogens (tertiary/aromatic N) is 1. The van der Waals surface area contributed by atoms with Gasteiger partial charge in [0, 0.05) is 32.5 Å². The number of likely N-dealkylation sites (tertiary alicyclic amines) is 1. The van der Waals surface area contributed by atoms with Crippen LogP contribution in [0.25, 0.3) is 0 Å². The van der Waals surface area contributed by atoms with Crippen LogP contribution in [0.1, 0.15) is 61.6 Å². The molecule has 0 bridgehead atoms. The van der Waals surface area contributed by atoms with Crippen LogP contribution in [0, 0.1) is 6.92 Å². The van der Waals surface area contributed by atoms with Crippen molar-refractivity contribution in [2.24, 2.45) is 0 Å². The molecule has 0 amide bonds. The maximum Gasteiger partial charge on any atom is 0.133 e. The largest absolute Gasteiger partial charge is 0.378 e. The first kappa shape index (κ1) is 20.5. The number of aliphatic hydroxyl groups is 1. The molecule has 1 spiro atoms. The molecule has 3 atom stereocenters. The molecular weight excluding hydrogens is 362 g/mol. The Kier molecular flexibility index (Phi) is 6.35. The first-order valence-corrected chi connectivity index (χ1v) is 10.9. The Morgan fingerprint density at radius 2 is 1.79 bits per heavy atom. The van der Waals surface area contributed by atoms with Crippen molar-refractivity contribution in [1.82, 2.24) is 4.90 Å². The number of aliphatic hydroxyl groups excluding tert-OH is 1. The van der Waals surface area contributed by atoms with Crippen LogP contribution in [-0.2, 0) is 9.47 Å². The van der Waals surface area contributed by atoms with Crippen molar-refractivity contribution in [2.75, 3.05) is 19.7 Å². The van der Waals surface area contributed by atoms with E-state index < -0.39 is 6.23 Å². The zero-order valence-electron chi connectivity index (χ0n) is 17.6. The van der Waals surface area contributed by atoms with E-state index in [1.165, 1.54) is 5.56 Å². The second-order valence-corrected chi connectivity index (χ2v) is 8.48. The molecule has 2 saturated heterocycles. The van der Waals surface area contributed by atoms with Gasteiger partial charge < -0.3 is 14.6 Å². The summed E-state index contributed by atoms with van der Waals surface area (Å²) in [4.78, 5) is 2.18. The number of aryl methyl sites for hydroxylation is 1. The Labute approximate surface area is 174 Å². The highest BCUT2D eigenvalue weighted by Crippen LogP contribution is 2.44. The van der Waals surface area contributed by atoms with Crippen molar-refractivity contribution in [1.29, 1.82) is 0 Å². The smallest absolute Gasteiger partial charge is 0.133 e. The lowest BCUT2D eigenvalue weighted by atomic mass is 9.80. The van der Waals surface area contributed by atoms with Gasteiger partial charge in [0.25, 0.3) is 0 Å². The van der Waals surface area contributed by atoms with E-state index >= 15 is 0 Å². The summed E-state index contributed by atoms with van der Waals surface area (Å²) in [5.41, 5.74) is 3.20. The summed E-state index contributed by atoms with van der Waals surface area (Å²) >= 11 is 0. The van der Waals surface area contributed by atoms with Crippen LogP contribution < -0.4 is 0 Å². The summed E-state index contributed by atoms with van der Waals surface area (Å²) in [6.07, 6.45) is 3.45. The number of hydrogen-bond donors (Lipinski definition) is 1. The number of benzene rings is 2. The summed E-state index contributed by atoms with van der Waals surface area (Å²) in [7, 11) is 0. The van der Waals surface area contributed by atoms with Gasteiger partial charge in [0.05, 0.1) is 17.8 Å². The summed E-state index contributed by atoms with van der Waals surface area (Å²) in [6.45, 7) is 6.53. The van der Waals surface area contributed by atoms with E-state index in [1.807, 2.05) is 24.3 Å². The normalized spacial score (nSPS) is 25.8. The molecule has 1 N–H and O–H groups in total. The number of hydrogen-bond acceptors (Lipinski definition) is 4. The van der Waals surface area contributed by atoms with Gasteiger partial charge in [0.1, 0.15) is 6.23 Å². The lowest BCUT2D eigenvalue weighted by Crippen LogP contribution is -2.52. The zero-order chi connectivity index (χ0) is 20.3. The van der Waals surface area contributed by atoms with Crippen molar-refractivity contribution in [2.45, 2.75) is 63.6 Å². The van der Waals surface area contributed by atoms with Crippen molar-refractivity contribution in [3.8, 4) is 0 Å². The van der Waals surface area contributed by atoms with Gasteiger partial charge >= 0.3 is 0 Å². The first-order valence-electron chi connectivity index (χ1n) is 10.9. The van der Waals surface area contributed by atoms with Crippen molar-refractivity contribution < 1.29 is 14.6 Å². The molecule has 0 aromatic heterocycles. The second-order valence-electron chi connectivity index (χ2n) is 8.48. The molecule has 3 unspecified atom stereocenters. The average molecular weight is 396 g/mol. The number of ether oxygens (including phenoxy) is 2. The number of rotatable bonds is 5. The minimum absolute atomic E-state index is 0.0781. The Bertz CT molecular complexity index is 786. The zero-order valence-corrected chi connectivity index (χ0v) is 17.6. The molecule has 4 rings (SSSR count). The van der Waals surface area contributed by atoms with Gasteiger partial charge in [-0.15, -0.1) is 0 Å². The Hall–Kier alpha value is -1.72. The average Bonchev–Trinajstić information content (AvgIpc) is 2.75. The molecule has 0 aliphatic carbocycles. The second kappa shape index (κ2) is 8.97. The van der Waals surface area contributed by atoms with Crippen LogP contribution in [0.15, 0.2) is 54.6 Å². The maximum atomic E-state index is 10.9. The fraction of sp³-hybridized carbons (Fsp3) is 0.520. The Morgan fingerprint density at radius 3 is 2.48 bits per heavy atom. The highest BCUT2D eigenvalue weighted by atomic mass is 16.5. The molecule has 2 aliphatic heterocycles. The molecule has 2 aromatic carbocycles. The molecule has 4 heteroatoms. The van der Waals surface area contributed by atoms with Crippen LogP contribution in [-0.4, -0.2) is 41.4 Å². The molecule has 156 valence electrons. The third-order valence-corrected chi connectivity index (χ3v) is 6.56. The van der Waals surface area contributed by atoms with Gasteiger partial charge in [-0.25, -0.2) is 0 Å². The minimum atomic E-state index is -0.551. The SMILES string of the molecule is CCOC1CC(c2ccccc2)OC2(CCN(C(O)c3ccccc3C)CC2)C1. The fourth-order valence-electron chi connectivity index (χ4n) is 4.94. The highest BCUT2D eigenvalue weighted by molar-refractivity contribution is 5.27. The van der Waals surface area contributed by atoms with E-state index in [2.05, 4.69) is 49.1 Å². The van der Waals surface area contributed by atoms with E-state index in [0.29, 0.717) is 0 Å². The molecule has 2 heterocycles. The molecular formula is C25H33NO3. The standard InChI is InChI=1S/C25H33NO3/c1-3-28-21-17-23(20-10-5-4-6-11-20)29-25(18-21)13-15-26(16-14-25)24(27)22-12-8-7-9-19(22)2/h4-12,21,23-24,27H,3,13-18H2,1-2H3. The topological polar surface area (TPSA) is 41.9 Å². The van der Waals surface area contributed by atoms with Crippen LogP contribution in [0.4, 0.5) is 0 Å². The lowest BCUT2D eigenvalue weighted by molar-refractivity contribution is -0.200. The summed E-state index contributed by atoms with van der Waals surface area (Å²) in [6, 6.07) is 18.6. The highest BCUT2D eigenvalue weighted by Gasteiger charge is 2.45. The molecule has 29 heavy (non-hydrogen) atoms. The molecule has 2 aromatic rings. The van der Waals surface area contributed by atoms with Crippen LogP contribution in [0.5, 0.6) is 0 Å². The van der Waals surface area contributed by atoms with Crippen LogP contribution in [0.2, 0.25) is 0 Å². The van der Waals surface area contributed by atoms with Crippen LogP contribution in [0.3, 0.4) is 0 Å². The first-order chi connectivity index (χ1) is 14.1. The van der Waals surface area contributed by atoms with Gasteiger partial charge in [-0.3, -0.25) is 4.90 Å². The van der Waals surface area contributed by atoms with Gasteiger partial charge in [0.15, 0.2) is 0 Å². The minimum Gasteiger partial charge on any atom is -0.378 e. The van der Waals surface area contributed by atoms with Crippen LogP contribution >= 0.6 is 0 Å². The molecule has 0 saturated carbocycles. The maximum absolute atomic E-state index is 10.9. The summed E-state index contributed by atoms with van der Waals surface area (Å²) < 4.78 is 12.8. The van der Waals surface area contributed by atoms with E-state index in [-0.39, 0.29) is 17.8 Å². The van der Waals surface area contributed by atoms with E-state index in [0.717, 1.165) is 56.5 Å². The fourth-order valence-corrected chi connectivity index (χ4v) is 4.94. The monoisotopic (exact) mass is 395 g/mol. The van der Waals surface area contributed by atoms with E-state index in [1.54, 1.807) is 0 Å². The van der Waals surface area contributed by atoms with Crippen molar-refractivity contribution >= 4 is 0 Å². The van der Waals surface area contributed by atoms with E-state index in [4.69, 9.17) is 9.47 Å². The third-order valence-electron chi connectivity index (χ3n) is 6.56. The lowest BCUT2D eigenvalue weighted by Gasteiger charge is -2.49. The van der Waals surface area contributed by atoms with Gasteiger partial charge in [-0.05, 0) is 43.4 Å². The molecule has 2 fully saturated rings. The predicted octanol–water partition coefficient (Wildman–Crippen LogP) is 4.78. The molecule has 2 aliphatic rings. The number of piperidine rings is 1. The Balaban J connectivity index is 1.47. The predicted molar refractivity (Wildman–Crippen MR) is 115 cm³/mol. The van der Waals surface area contributed by atoms with E-state index in [9.17, 15) is 5.11 Å². The third kappa shape index (κ3) is 4.56. The summed E-state index contributed by atoms with van der Waals surface area (Å²) in [5, 5.41) is 10.9. The Morgan fingerprint density at radius 1 is 1.10 bits per heavy atom. The van der Waals surface area contributed by atoms with Crippen molar-refractivity contribution in [3.05, 3.63) is 71.3 Å². The summed E-state index contributed by atoms with van der Waals surface area (Å²) in [5.74, 6) is 0. The molecule has 4 nitrogen and oxygen atoms in total. The molecule has 0 radical (unpaired) electrons. The van der Waals surface area contributed by atoms with Gasteiger partial charge in [-0.1, -0.05) is 54.6 Å². The van der Waals surface area contributed by atoms with Gasteiger partial charge in [0.2, 0.25) is 0 Å². The van der Waals surface area contributed by atoms with Gasteiger partial charge in [-0.2, -0.15) is 0 Å². The quantitative estimate of drug-likeness (QED) is 0.791.